The van der Waals surface area contributed by atoms with E-state index in [1.165, 1.54) is 31.3 Å². The average Bonchev–Trinajstić information content (AvgIpc) is 3.55. The van der Waals surface area contributed by atoms with Crippen LogP contribution in [-0.2, 0) is 6.54 Å². The molecule has 1 aromatic carbocycles. The molecule has 3 aromatic rings. The molecule has 1 aliphatic heterocycles. The molecule has 0 bridgehead atoms. The minimum atomic E-state index is -0.290. The van der Waals surface area contributed by atoms with Crippen molar-refractivity contribution >= 4 is 16.7 Å². The maximum atomic E-state index is 13.5. The van der Waals surface area contributed by atoms with Crippen molar-refractivity contribution in [2.24, 2.45) is 5.92 Å². The van der Waals surface area contributed by atoms with Gasteiger partial charge in [-0.2, -0.15) is 5.10 Å². The molecule has 0 radical (unpaired) electrons. The molecule has 5 rings (SSSR count). The number of piperidine rings is 1. The number of hydrogen-bond acceptors (Lipinski definition) is 5. The van der Waals surface area contributed by atoms with Gasteiger partial charge in [0.25, 0.3) is 5.56 Å². The summed E-state index contributed by atoms with van der Waals surface area (Å²) in [6.07, 6.45) is 5.79. The van der Waals surface area contributed by atoms with Crippen LogP contribution in [0.2, 0.25) is 0 Å². The summed E-state index contributed by atoms with van der Waals surface area (Å²) in [5.74, 6) is 1.53. The van der Waals surface area contributed by atoms with Gasteiger partial charge in [-0.15, -0.1) is 0 Å². The molecular formula is C21H22FN5O. The predicted molar refractivity (Wildman–Crippen MR) is 105 cm³/mol. The van der Waals surface area contributed by atoms with Crippen LogP contribution in [0.25, 0.3) is 10.9 Å². The first-order chi connectivity index (χ1) is 13.7. The molecule has 1 saturated carbocycles. The Bertz CT molecular complexity index is 1070. The lowest BCUT2D eigenvalue weighted by molar-refractivity contribution is 0.333. The Kier molecular flexibility index (Phi) is 4.30. The SMILES string of the molecule is O=c1ccc(C2CC2)nn1CC1CCN(c2ncnc3cc(F)ccc23)CC1. The second-order valence-corrected chi connectivity index (χ2v) is 7.84. The lowest BCUT2D eigenvalue weighted by Crippen LogP contribution is -2.37. The number of fused-ring (bicyclic) bond motifs is 1. The maximum absolute atomic E-state index is 13.5. The van der Waals surface area contributed by atoms with Gasteiger partial charge in [-0.3, -0.25) is 4.79 Å². The first kappa shape index (κ1) is 17.3. The standard InChI is InChI=1S/C21H22FN5O/c22-16-3-4-17-19(11-16)23-13-24-21(17)26-9-7-14(8-10-26)12-27-20(28)6-5-18(25-27)15-1-2-15/h3-6,11,13-15H,1-2,7-10,12H2. The number of nitrogens with zero attached hydrogens (tertiary/aromatic N) is 5. The van der Waals surface area contributed by atoms with E-state index in [-0.39, 0.29) is 11.4 Å². The maximum Gasteiger partial charge on any atom is 0.266 e. The highest BCUT2D eigenvalue weighted by Crippen LogP contribution is 2.38. The van der Waals surface area contributed by atoms with Crippen LogP contribution in [0.15, 0.2) is 41.5 Å². The summed E-state index contributed by atoms with van der Waals surface area (Å²) in [7, 11) is 0. The van der Waals surface area contributed by atoms with E-state index in [1.54, 1.807) is 16.8 Å². The molecule has 2 aromatic heterocycles. The third kappa shape index (κ3) is 3.37. The van der Waals surface area contributed by atoms with E-state index in [0.29, 0.717) is 23.9 Å². The van der Waals surface area contributed by atoms with Crippen LogP contribution >= 0.6 is 0 Å². The molecule has 6 nitrogen and oxygen atoms in total. The van der Waals surface area contributed by atoms with Gasteiger partial charge in [0.05, 0.1) is 11.2 Å². The fourth-order valence-electron chi connectivity index (χ4n) is 4.03. The molecule has 0 unspecified atom stereocenters. The number of halogens is 1. The summed E-state index contributed by atoms with van der Waals surface area (Å²) in [5, 5.41) is 5.46. The summed E-state index contributed by atoms with van der Waals surface area (Å²) in [6.45, 7) is 2.37. The normalized spacial score (nSPS) is 18.0. The van der Waals surface area contributed by atoms with Gasteiger partial charge in [0.2, 0.25) is 0 Å². The van der Waals surface area contributed by atoms with E-state index in [1.807, 2.05) is 6.07 Å². The topological polar surface area (TPSA) is 63.9 Å². The van der Waals surface area contributed by atoms with Crippen LogP contribution in [-0.4, -0.2) is 32.8 Å². The number of benzene rings is 1. The Balaban J connectivity index is 1.30. The van der Waals surface area contributed by atoms with E-state index < -0.39 is 0 Å². The zero-order valence-electron chi connectivity index (χ0n) is 15.6. The van der Waals surface area contributed by atoms with Crippen molar-refractivity contribution in [3.05, 3.63) is 58.5 Å². The van der Waals surface area contributed by atoms with Crippen LogP contribution in [0.4, 0.5) is 10.2 Å². The Morgan fingerprint density at radius 1 is 1.04 bits per heavy atom. The van der Waals surface area contributed by atoms with Crippen molar-refractivity contribution in [3.63, 3.8) is 0 Å². The lowest BCUT2D eigenvalue weighted by atomic mass is 9.96. The molecule has 3 heterocycles. The van der Waals surface area contributed by atoms with Gasteiger partial charge in [0.15, 0.2) is 0 Å². The van der Waals surface area contributed by atoms with E-state index in [4.69, 9.17) is 0 Å². The largest absolute Gasteiger partial charge is 0.356 e. The van der Waals surface area contributed by atoms with Gasteiger partial charge in [-0.25, -0.2) is 19.0 Å². The molecule has 7 heteroatoms. The Labute approximate surface area is 162 Å². The summed E-state index contributed by atoms with van der Waals surface area (Å²) in [5.41, 5.74) is 1.66. The van der Waals surface area contributed by atoms with E-state index >= 15 is 0 Å². The molecule has 0 atom stereocenters. The molecule has 28 heavy (non-hydrogen) atoms. The van der Waals surface area contributed by atoms with Gasteiger partial charge < -0.3 is 4.90 Å². The zero-order valence-corrected chi connectivity index (χ0v) is 15.6. The minimum Gasteiger partial charge on any atom is -0.356 e. The highest BCUT2D eigenvalue weighted by atomic mass is 19.1. The monoisotopic (exact) mass is 379 g/mol. The summed E-state index contributed by atoms with van der Waals surface area (Å²) in [4.78, 5) is 23.0. The predicted octanol–water partition coefficient (Wildman–Crippen LogP) is 3.12. The van der Waals surface area contributed by atoms with Crippen molar-refractivity contribution in [1.29, 1.82) is 0 Å². The van der Waals surface area contributed by atoms with E-state index in [2.05, 4.69) is 20.0 Å². The quantitative estimate of drug-likeness (QED) is 0.697. The van der Waals surface area contributed by atoms with E-state index in [9.17, 15) is 9.18 Å². The van der Waals surface area contributed by atoms with Gasteiger partial charge in [0.1, 0.15) is 18.0 Å². The van der Waals surface area contributed by atoms with Crippen LogP contribution < -0.4 is 10.5 Å². The second kappa shape index (κ2) is 6.96. The number of anilines is 1. The summed E-state index contributed by atoms with van der Waals surface area (Å²) >= 11 is 0. The highest BCUT2D eigenvalue weighted by molar-refractivity contribution is 5.89. The van der Waals surface area contributed by atoms with Gasteiger partial charge >= 0.3 is 0 Å². The minimum absolute atomic E-state index is 0.0179. The molecule has 1 aliphatic carbocycles. The molecule has 144 valence electrons. The molecular weight excluding hydrogens is 357 g/mol. The Morgan fingerprint density at radius 3 is 2.64 bits per heavy atom. The molecule has 2 fully saturated rings. The number of hydrogen-bond donors (Lipinski definition) is 0. The third-order valence-corrected chi connectivity index (χ3v) is 5.81. The summed E-state index contributed by atoms with van der Waals surface area (Å²) < 4.78 is 15.1. The summed E-state index contributed by atoms with van der Waals surface area (Å²) in [6, 6.07) is 8.17. The van der Waals surface area contributed by atoms with Crippen molar-refractivity contribution in [2.75, 3.05) is 18.0 Å². The van der Waals surface area contributed by atoms with Gasteiger partial charge in [0, 0.05) is 43.1 Å². The van der Waals surface area contributed by atoms with Crippen LogP contribution in [0.3, 0.4) is 0 Å². The number of rotatable bonds is 4. The van der Waals surface area contributed by atoms with Crippen molar-refractivity contribution in [3.8, 4) is 0 Å². The highest BCUT2D eigenvalue weighted by Gasteiger charge is 2.27. The molecule has 0 amide bonds. The lowest BCUT2D eigenvalue weighted by Gasteiger charge is -2.33. The van der Waals surface area contributed by atoms with Crippen molar-refractivity contribution in [1.82, 2.24) is 19.7 Å². The van der Waals surface area contributed by atoms with E-state index in [0.717, 1.165) is 42.8 Å². The Morgan fingerprint density at radius 2 is 1.86 bits per heavy atom. The van der Waals surface area contributed by atoms with Crippen LogP contribution in [0.5, 0.6) is 0 Å². The van der Waals surface area contributed by atoms with Crippen LogP contribution in [0, 0.1) is 11.7 Å². The van der Waals surface area contributed by atoms with Crippen molar-refractivity contribution < 1.29 is 4.39 Å². The first-order valence-corrected chi connectivity index (χ1v) is 9.90. The molecule has 1 saturated heterocycles. The fraction of sp³-hybridized carbons (Fsp3) is 0.429. The smallest absolute Gasteiger partial charge is 0.266 e. The fourth-order valence-corrected chi connectivity index (χ4v) is 4.03. The first-order valence-electron chi connectivity index (χ1n) is 9.90. The van der Waals surface area contributed by atoms with Gasteiger partial charge in [-0.1, -0.05) is 0 Å². The zero-order chi connectivity index (χ0) is 19.1. The Hall–Kier alpha value is -2.83. The third-order valence-electron chi connectivity index (χ3n) is 5.81. The average molecular weight is 379 g/mol. The molecule has 0 N–H and O–H groups in total. The second-order valence-electron chi connectivity index (χ2n) is 7.84. The molecule has 0 spiro atoms. The van der Waals surface area contributed by atoms with Crippen LogP contribution in [0.1, 0.15) is 37.3 Å². The van der Waals surface area contributed by atoms with Gasteiger partial charge in [-0.05, 0) is 49.8 Å². The molecule has 2 aliphatic rings. The number of aromatic nitrogens is 4. The van der Waals surface area contributed by atoms with Crippen molar-refractivity contribution in [2.45, 2.75) is 38.1 Å².